The highest BCUT2D eigenvalue weighted by molar-refractivity contribution is 6.30. The van der Waals surface area contributed by atoms with E-state index in [0.29, 0.717) is 17.2 Å². The van der Waals surface area contributed by atoms with E-state index in [1.165, 1.54) is 0 Å². The third-order valence-corrected chi connectivity index (χ3v) is 3.32. The normalized spacial score (nSPS) is 30.6. The van der Waals surface area contributed by atoms with Gasteiger partial charge < -0.3 is 15.2 Å². The molecule has 4 heteroatoms. The highest BCUT2D eigenvalue weighted by Gasteiger charge is 2.44. The maximum atomic E-state index is 10.6. The van der Waals surface area contributed by atoms with E-state index >= 15 is 0 Å². The van der Waals surface area contributed by atoms with Gasteiger partial charge >= 0.3 is 0 Å². The minimum absolute atomic E-state index is 0. The van der Waals surface area contributed by atoms with Crippen LogP contribution in [0.15, 0.2) is 24.3 Å². The van der Waals surface area contributed by atoms with Crippen molar-refractivity contribution in [2.45, 2.75) is 45.6 Å². The molecule has 0 bridgehead atoms. The number of halogens is 1. The molecule has 2 atom stereocenters. The lowest BCUT2D eigenvalue weighted by molar-refractivity contribution is -0.263. The maximum Gasteiger partial charge on any atom is 0.208 e. The fraction of sp³-hybridized carbons (Fsp3) is 0.571. The molecule has 3 nitrogen and oxygen atoms in total. The van der Waals surface area contributed by atoms with Crippen molar-refractivity contribution in [2.24, 2.45) is 0 Å². The standard InChI is InChI=1S/C13H18ClNO2.CH4/c1-9-13(16,17-8-12(2,3)15-9)10-5-4-6-11(14)7-10;/h4-7,9,15-16H,8H2,1-3H3;1H4/t9-,13+;/m0./s1. The number of rotatable bonds is 1. The molecule has 0 unspecified atom stereocenters. The van der Waals surface area contributed by atoms with Gasteiger partial charge in [0.25, 0.3) is 0 Å². The first-order chi connectivity index (χ1) is 7.83. The molecule has 1 aromatic carbocycles. The molecule has 2 rings (SSSR count). The second-order valence-corrected chi connectivity index (χ2v) is 5.68. The Kier molecular flexibility index (Phi) is 4.44. The maximum absolute atomic E-state index is 10.6. The monoisotopic (exact) mass is 271 g/mol. The van der Waals surface area contributed by atoms with E-state index < -0.39 is 5.79 Å². The number of aliphatic hydroxyl groups is 1. The lowest BCUT2D eigenvalue weighted by atomic mass is 9.93. The van der Waals surface area contributed by atoms with Crippen LogP contribution in [0.25, 0.3) is 0 Å². The largest absolute Gasteiger partial charge is 0.361 e. The molecule has 0 radical (unpaired) electrons. The van der Waals surface area contributed by atoms with Crippen molar-refractivity contribution in [3.63, 3.8) is 0 Å². The molecule has 0 aliphatic carbocycles. The van der Waals surface area contributed by atoms with Crippen LogP contribution in [-0.4, -0.2) is 23.3 Å². The topological polar surface area (TPSA) is 41.5 Å². The Bertz CT molecular complexity index is 422. The summed E-state index contributed by atoms with van der Waals surface area (Å²) in [5.41, 5.74) is 0.546. The third-order valence-electron chi connectivity index (χ3n) is 3.09. The molecule has 2 N–H and O–H groups in total. The van der Waals surface area contributed by atoms with Crippen molar-refractivity contribution in [2.75, 3.05) is 6.61 Å². The molecule has 1 fully saturated rings. The van der Waals surface area contributed by atoms with Crippen LogP contribution < -0.4 is 5.32 Å². The van der Waals surface area contributed by atoms with Gasteiger partial charge in [0, 0.05) is 16.1 Å². The molecule has 1 heterocycles. The van der Waals surface area contributed by atoms with Gasteiger partial charge in [0.1, 0.15) is 0 Å². The van der Waals surface area contributed by atoms with E-state index in [0.717, 1.165) is 0 Å². The average molecular weight is 272 g/mol. The lowest BCUT2D eigenvalue weighted by Gasteiger charge is -2.46. The van der Waals surface area contributed by atoms with Crippen LogP contribution in [0.3, 0.4) is 0 Å². The zero-order chi connectivity index (χ0) is 12.7. The average Bonchev–Trinajstić information content (AvgIpc) is 2.24. The number of nitrogens with one attached hydrogen (secondary N) is 1. The number of ether oxygens (including phenoxy) is 1. The number of morpholine rings is 1. The summed E-state index contributed by atoms with van der Waals surface area (Å²) < 4.78 is 5.67. The molecule has 0 spiro atoms. The minimum atomic E-state index is -1.32. The van der Waals surface area contributed by atoms with Gasteiger partial charge in [0.2, 0.25) is 5.79 Å². The molecule has 102 valence electrons. The van der Waals surface area contributed by atoms with Gasteiger partial charge in [-0.1, -0.05) is 31.2 Å². The smallest absolute Gasteiger partial charge is 0.208 e. The zero-order valence-corrected chi connectivity index (χ0v) is 11.1. The number of hydrogen-bond donors (Lipinski definition) is 2. The van der Waals surface area contributed by atoms with Crippen molar-refractivity contribution in [3.05, 3.63) is 34.9 Å². The summed E-state index contributed by atoms with van der Waals surface area (Å²) in [5, 5.41) is 14.6. The zero-order valence-electron chi connectivity index (χ0n) is 10.3. The number of benzene rings is 1. The summed E-state index contributed by atoms with van der Waals surface area (Å²) in [5.74, 6) is -1.32. The van der Waals surface area contributed by atoms with Crippen LogP contribution in [0.2, 0.25) is 5.02 Å². The fourth-order valence-electron chi connectivity index (χ4n) is 2.19. The van der Waals surface area contributed by atoms with E-state index in [1.807, 2.05) is 32.9 Å². The van der Waals surface area contributed by atoms with E-state index in [2.05, 4.69) is 5.32 Å². The van der Waals surface area contributed by atoms with E-state index in [1.54, 1.807) is 12.1 Å². The summed E-state index contributed by atoms with van der Waals surface area (Å²) in [6.45, 7) is 6.43. The minimum Gasteiger partial charge on any atom is -0.361 e. The molecule has 18 heavy (non-hydrogen) atoms. The second-order valence-electron chi connectivity index (χ2n) is 5.25. The van der Waals surface area contributed by atoms with Crippen LogP contribution >= 0.6 is 11.6 Å². The van der Waals surface area contributed by atoms with Crippen LogP contribution in [0.4, 0.5) is 0 Å². The van der Waals surface area contributed by atoms with Gasteiger partial charge in [0.05, 0.1) is 12.6 Å². The summed E-state index contributed by atoms with van der Waals surface area (Å²) >= 11 is 5.94. The van der Waals surface area contributed by atoms with Gasteiger partial charge in [-0.05, 0) is 32.9 Å². The molecule has 1 aromatic rings. The van der Waals surface area contributed by atoms with Crippen molar-refractivity contribution < 1.29 is 9.84 Å². The molecule has 1 aliphatic rings. The molecular weight excluding hydrogens is 250 g/mol. The first-order valence-electron chi connectivity index (χ1n) is 5.74. The van der Waals surface area contributed by atoms with E-state index in [4.69, 9.17) is 16.3 Å². The van der Waals surface area contributed by atoms with Crippen molar-refractivity contribution in [1.82, 2.24) is 5.32 Å². The van der Waals surface area contributed by atoms with Crippen molar-refractivity contribution in [1.29, 1.82) is 0 Å². The molecular formula is C14H22ClNO2. The van der Waals surface area contributed by atoms with Gasteiger partial charge in [0.15, 0.2) is 0 Å². The Labute approximate surface area is 114 Å². The molecule has 0 amide bonds. The predicted molar refractivity (Wildman–Crippen MR) is 74.7 cm³/mol. The quantitative estimate of drug-likeness (QED) is 0.825. The van der Waals surface area contributed by atoms with Crippen LogP contribution in [-0.2, 0) is 10.5 Å². The van der Waals surface area contributed by atoms with E-state index in [-0.39, 0.29) is 19.0 Å². The number of hydrogen-bond acceptors (Lipinski definition) is 3. The first-order valence-corrected chi connectivity index (χ1v) is 6.11. The summed E-state index contributed by atoms with van der Waals surface area (Å²) in [6, 6.07) is 6.94. The summed E-state index contributed by atoms with van der Waals surface area (Å²) in [7, 11) is 0. The highest BCUT2D eigenvalue weighted by atomic mass is 35.5. The first kappa shape index (κ1) is 15.4. The van der Waals surface area contributed by atoms with Gasteiger partial charge in [-0.15, -0.1) is 0 Å². The Morgan fingerprint density at radius 1 is 1.44 bits per heavy atom. The van der Waals surface area contributed by atoms with Gasteiger partial charge in [-0.2, -0.15) is 0 Å². The Morgan fingerprint density at radius 2 is 2.11 bits per heavy atom. The summed E-state index contributed by atoms with van der Waals surface area (Å²) in [6.07, 6.45) is 0. The second kappa shape index (κ2) is 5.17. The molecule has 0 saturated carbocycles. The van der Waals surface area contributed by atoms with Crippen LogP contribution in [0.1, 0.15) is 33.8 Å². The third kappa shape index (κ3) is 2.86. The lowest BCUT2D eigenvalue weighted by Crippen LogP contribution is -2.63. The predicted octanol–water partition coefficient (Wildman–Crippen LogP) is 2.91. The van der Waals surface area contributed by atoms with Crippen LogP contribution in [0, 0.1) is 0 Å². The summed E-state index contributed by atoms with van der Waals surface area (Å²) in [4.78, 5) is 0. The fourth-order valence-corrected chi connectivity index (χ4v) is 2.38. The SMILES string of the molecule is C.C[C@@H]1NC(C)(C)CO[C@@]1(O)c1cccc(Cl)c1. The Morgan fingerprint density at radius 3 is 2.67 bits per heavy atom. The van der Waals surface area contributed by atoms with Gasteiger partial charge in [-0.3, -0.25) is 0 Å². The van der Waals surface area contributed by atoms with Crippen molar-refractivity contribution >= 4 is 11.6 Å². The highest BCUT2D eigenvalue weighted by Crippen LogP contribution is 2.33. The molecule has 0 aromatic heterocycles. The van der Waals surface area contributed by atoms with E-state index in [9.17, 15) is 5.11 Å². The van der Waals surface area contributed by atoms with Gasteiger partial charge in [-0.25, -0.2) is 0 Å². The Hall–Kier alpha value is -0.610. The Balaban J connectivity index is 0.00000162. The van der Waals surface area contributed by atoms with Crippen LogP contribution in [0.5, 0.6) is 0 Å². The van der Waals surface area contributed by atoms with Crippen molar-refractivity contribution in [3.8, 4) is 0 Å². The molecule has 1 saturated heterocycles. The molecule has 1 aliphatic heterocycles.